The fourth-order valence-electron chi connectivity index (χ4n) is 1.67. The van der Waals surface area contributed by atoms with E-state index in [2.05, 4.69) is 5.32 Å². The minimum absolute atomic E-state index is 0.220. The highest BCUT2D eigenvalue weighted by molar-refractivity contribution is 6.00. The van der Waals surface area contributed by atoms with Crippen molar-refractivity contribution in [1.82, 2.24) is 0 Å². The van der Waals surface area contributed by atoms with Crippen LogP contribution in [0, 0.1) is 0 Å². The fraction of sp³-hybridized carbons (Fsp3) is 0.200. The topological polar surface area (TPSA) is 86.6 Å². The van der Waals surface area contributed by atoms with E-state index in [9.17, 15) is 14.7 Å². The molecular weight excluding hydrogens is 198 g/mol. The molecular formula is C10H9NO4. The van der Waals surface area contributed by atoms with Crippen molar-refractivity contribution in [2.75, 3.05) is 5.32 Å². The zero-order valence-electron chi connectivity index (χ0n) is 7.73. The van der Waals surface area contributed by atoms with Gasteiger partial charge in [-0.25, -0.2) is 4.79 Å². The lowest BCUT2D eigenvalue weighted by molar-refractivity contribution is -0.162. The summed E-state index contributed by atoms with van der Waals surface area (Å²) in [5, 5.41) is 21.4. The Bertz CT molecular complexity index is 443. The molecule has 0 spiro atoms. The summed E-state index contributed by atoms with van der Waals surface area (Å²) in [4.78, 5) is 22.2. The summed E-state index contributed by atoms with van der Waals surface area (Å²) < 4.78 is 0. The predicted octanol–water partition coefficient (Wildman–Crippen LogP) is 0.301. The van der Waals surface area contributed by atoms with Gasteiger partial charge in [0.05, 0.1) is 6.42 Å². The van der Waals surface area contributed by atoms with Gasteiger partial charge < -0.3 is 15.5 Å². The van der Waals surface area contributed by atoms with Crippen molar-refractivity contribution in [3.05, 3.63) is 29.8 Å². The number of hydrogen-bond donors (Lipinski definition) is 3. The molecule has 3 N–H and O–H groups in total. The van der Waals surface area contributed by atoms with E-state index in [1.165, 1.54) is 6.07 Å². The van der Waals surface area contributed by atoms with Gasteiger partial charge in [0.2, 0.25) is 5.91 Å². The molecule has 0 saturated carbocycles. The van der Waals surface area contributed by atoms with E-state index in [0.717, 1.165) is 0 Å². The van der Waals surface area contributed by atoms with Crippen molar-refractivity contribution in [2.45, 2.75) is 12.0 Å². The third-order valence-electron chi connectivity index (χ3n) is 2.42. The number of amides is 1. The van der Waals surface area contributed by atoms with Gasteiger partial charge >= 0.3 is 5.97 Å². The molecule has 1 amide bonds. The smallest absolute Gasteiger partial charge is 0.341 e. The number of fused-ring (bicyclic) bond motifs is 1. The summed E-state index contributed by atoms with van der Waals surface area (Å²) in [6.07, 6.45) is -0.459. The van der Waals surface area contributed by atoms with Crippen LogP contribution >= 0.6 is 0 Å². The average molecular weight is 207 g/mol. The van der Waals surface area contributed by atoms with Crippen LogP contribution in [0.4, 0.5) is 5.69 Å². The number of carbonyl (C=O) groups excluding carboxylic acids is 1. The van der Waals surface area contributed by atoms with Crippen LogP contribution in [0.5, 0.6) is 0 Å². The molecule has 0 aromatic heterocycles. The summed E-state index contributed by atoms with van der Waals surface area (Å²) in [7, 11) is 0. The zero-order chi connectivity index (χ0) is 11.1. The maximum absolute atomic E-state index is 11.2. The maximum atomic E-state index is 11.2. The van der Waals surface area contributed by atoms with Crippen LogP contribution in [0.15, 0.2) is 24.3 Å². The molecule has 1 atom stereocenters. The Morgan fingerprint density at radius 3 is 2.73 bits per heavy atom. The Morgan fingerprint density at radius 1 is 1.40 bits per heavy atom. The molecule has 1 aliphatic heterocycles. The van der Waals surface area contributed by atoms with Gasteiger partial charge in [0.15, 0.2) is 5.60 Å². The van der Waals surface area contributed by atoms with Gasteiger partial charge in [-0.15, -0.1) is 0 Å². The zero-order valence-corrected chi connectivity index (χ0v) is 7.73. The second-order valence-electron chi connectivity index (χ2n) is 3.44. The van der Waals surface area contributed by atoms with Gasteiger partial charge in [0.25, 0.3) is 0 Å². The second kappa shape index (κ2) is 3.06. The van der Waals surface area contributed by atoms with E-state index < -0.39 is 23.9 Å². The third-order valence-corrected chi connectivity index (χ3v) is 2.42. The lowest BCUT2D eigenvalue weighted by Crippen LogP contribution is -2.43. The molecule has 1 heterocycles. The number of rotatable bonds is 1. The normalized spacial score (nSPS) is 24.2. The number of carboxylic acids is 1. The Kier molecular flexibility index (Phi) is 1.97. The van der Waals surface area contributed by atoms with Gasteiger partial charge in [-0.2, -0.15) is 0 Å². The molecule has 0 fully saturated rings. The quantitative estimate of drug-likeness (QED) is 0.618. The first-order valence-electron chi connectivity index (χ1n) is 4.39. The lowest BCUT2D eigenvalue weighted by atomic mass is 9.86. The Morgan fingerprint density at radius 2 is 2.07 bits per heavy atom. The summed E-state index contributed by atoms with van der Waals surface area (Å²) in [6.45, 7) is 0. The average Bonchev–Trinajstić information content (AvgIpc) is 2.17. The van der Waals surface area contributed by atoms with Gasteiger partial charge in [0.1, 0.15) is 0 Å². The number of hydrogen-bond acceptors (Lipinski definition) is 3. The molecule has 15 heavy (non-hydrogen) atoms. The first-order valence-corrected chi connectivity index (χ1v) is 4.39. The molecule has 78 valence electrons. The van der Waals surface area contributed by atoms with E-state index in [-0.39, 0.29) is 5.56 Å². The van der Waals surface area contributed by atoms with E-state index in [1.807, 2.05) is 0 Å². The van der Waals surface area contributed by atoms with Crippen LogP contribution in [0.25, 0.3) is 0 Å². The molecule has 0 aliphatic carbocycles. The van der Waals surface area contributed by atoms with Crippen LogP contribution in [0.3, 0.4) is 0 Å². The Labute approximate surface area is 85.3 Å². The number of para-hydroxylation sites is 1. The molecule has 1 aromatic carbocycles. The largest absolute Gasteiger partial charge is 0.479 e. The van der Waals surface area contributed by atoms with Crippen LogP contribution < -0.4 is 5.32 Å². The van der Waals surface area contributed by atoms with E-state index in [4.69, 9.17) is 5.11 Å². The predicted molar refractivity (Wildman–Crippen MR) is 51.2 cm³/mol. The molecule has 0 radical (unpaired) electrons. The van der Waals surface area contributed by atoms with Crippen LogP contribution in [-0.4, -0.2) is 22.1 Å². The summed E-state index contributed by atoms with van der Waals surface area (Å²) in [5.74, 6) is -1.91. The number of aliphatic carboxylic acids is 1. The van der Waals surface area contributed by atoms with E-state index >= 15 is 0 Å². The standard InChI is InChI=1S/C10H9NO4/c12-8-5-10(15,9(13)14)6-3-1-2-4-7(6)11-8/h1-4,15H,5H2,(H,11,12)(H,13,14). The van der Waals surface area contributed by atoms with Gasteiger partial charge in [-0.05, 0) is 6.07 Å². The lowest BCUT2D eigenvalue weighted by Gasteiger charge is -2.30. The molecule has 5 heteroatoms. The van der Waals surface area contributed by atoms with Gasteiger partial charge in [-0.3, -0.25) is 4.79 Å². The number of aliphatic hydroxyl groups is 1. The first kappa shape index (κ1) is 9.67. The highest BCUT2D eigenvalue weighted by Crippen LogP contribution is 2.35. The number of benzene rings is 1. The van der Waals surface area contributed by atoms with Crippen molar-refractivity contribution < 1.29 is 19.8 Å². The fourth-order valence-corrected chi connectivity index (χ4v) is 1.67. The van der Waals surface area contributed by atoms with Crippen molar-refractivity contribution in [1.29, 1.82) is 0 Å². The van der Waals surface area contributed by atoms with E-state index in [1.54, 1.807) is 18.2 Å². The monoisotopic (exact) mass is 207 g/mol. The number of carboxylic acid groups (broad SMARTS) is 1. The van der Waals surface area contributed by atoms with Crippen molar-refractivity contribution in [2.24, 2.45) is 0 Å². The molecule has 0 bridgehead atoms. The molecule has 2 rings (SSSR count). The number of carbonyl (C=O) groups is 2. The molecule has 1 unspecified atom stereocenters. The van der Waals surface area contributed by atoms with E-state index in [0.29, 0.717) is 5.69 Å². The summed E-state index contributed by atoms with van der Waals surface area (Å²) >= 11 is 0. The van der Waals surface area contributed by atoms with Crippen LogP contribution in [0.2, 0.25) is 0 Å². The van der Waals surface area contributed by atoms with Crippen LogP contribution in [0.1, 0.15) is 12.0 Å². The summed E-state index contributed by atoms with van der Waals surface area (Å²) in [6, 6.07) is 6.32. The number of nitrogens with one attached hydrogen (secondary N) is 1. The maximum Gasteiger partial charge on any atom is 0.341 e. The van der Waals surface area contributed by atoms with Gasteiger partial charge in [-0.1, -0.05) is 18.2 Å². The molecule has 1 aliphatic rings. The second-order valence-corrected chi connectivity index (χ2v) is 3.44. The first-order chi connectivity index (χ1) is 7.04. The molecule has 5 nitrogen and oxygen atoms in total. The molecule has 1 aromatic rings. The number of anilines is 1. The third kappa shape index (κ3) is 1.37. The van der Waals surface area contributed by atoms with Crippen molar-refractivity contribution in [3.63, 3.8) is 0 Å². The molecule has 0 saturated heterocycles. The summed E-state index contributed by atoms with van der Waals surface area (Å²) in [5.41, 5.74) is -1.55. The van der Waals surface area contributed by atoms with Gasteiger partial charge in [0, 0.05) is 11.3 Å². The SMILES string of the molecule is O=C1CC(O)(C(=O)O)c2ccccc2N1. The van der Waals surface area contributed by atoms with Crippen molar-refractivity contribution in [3.8, 4) is 0 Å². The highest BCUT2D eigenvalue weighted by atomic mass is 16.4. The van der Waals surface area contributed by atoms with Crippen LogP contribution in [-0.2, 0) is 15.2 Å². The Hall–Kier alpha value is -1.88. The minimum Gasteiger partial charge on any atom is -0.479 e. The highest BCUT2D eigenvalue weighted by Gasteiger charge is 2.44. The minimum atomic E-state index is -2.11. The Balaban J connectivity index is 2.61. The van der Waals surface area contributed by atoms with Crippen molar-refractivity contribution >= 4 is 17.6 Å².